The SMILES string of the molecule is CCOC(=O)C1C(C)=NC(SCc2cccs2)=C(C#N)[C@H]1c1ccccc1Cl. The molecule has 2 heterocycles. The van der Waals surface area contributed by atoms with Crippen molar-refractivity contribution >= 4 is 46.4 Å². The molecule has 0 fully saturated rings. The first-order valence-electron chi connectivity index (χ1n) is 8.82. The summed E-state index contributed by atoms with van der Waals surface area (Å²) in [6, 6.07) is 13.7. The Bertz CT molecular complexity index is 961. The monoisotopic (exact) mass is 430 g/mol. The van der Waals surface area contributed by atoms with E-state index in [1.165, 1.54) is 16.6 Å². The van der Waals surface area contributed by atoms with Gasteiger partial charge in [-0.1, -0.05) is 47.6 Å². The maximum atomic E-state index is 12.7. The van der Waals surface area contributed by atoms with Gasteiger partial charge in [-0.3, -0.25) is 4.79 Å². The van der Waals surface area contributed by atoms with Crippen LogP contribution in [0.3, 0.4) is 0 Å². The fraction of sp³-hybridized carbons (Fsp3) is 0.286. The van der Waals surface area contributed by atoms with Crippen molar-refractivity contribution in [3.8, 4) is 6.07 Å². The van der Waals surface area contributed by atoms with Gasteiger partial charge >= 0.3 is 5.97 Å². The summed E-state index contributed by atoms with van der Waals surface area (Å²) in [6.45, 7) is 3.84. The Morgan fingerprint density at radius 2 is 2.14 bits per heavy atom. The molecule has 0 aliphatic carbocycles. The summed E-state index contributed by atoms with van der Waals surface area (Å²) in [5.74, 6) is -0.848. The first-order chi connectivity index (χ1) is 13.6. The third-order valence-electron chi connectivity index (χ3n) is 4.44. The molecule has 0 bridgehead atoms. The van der Waals surface area contributed by atoms with Crippen molar-refractivity contribution in [1.82, 2.24) is 0 Å². The predicted molar refractivity (Wildman–Crippen MR) is 116 cm³/mol. The quantitative estimate of drug-likeness (QED) is 0.542. The van der Waals surface area contributed by atoms with Crippen LogP contribution in [0.15, 0.2) is 57.4 Å². The van der Waals surface area contributed by atoms with Gasteiger partial charge < -0.3 is 4.74 Å². The Hall–Kier alpha value is -2.07. The molecule has 2 atom stereocenters. The predicted octanol–water partition coefficient (Wildman–Crippen LogP) is 5.81. The van der Waals surface area contributed by atoms with Crippen molar-refractivity contribution in [3.05, 3.63) is 67.8 Å². The Balaban J connectivity index is 2.06. The van der Waals surface area contributed by atoms with Gasteiger partial charge in [0.05, 0.1) is 18.2 Å². The van der Waals surface area contributed by atoms with Crippen LogP contribution in [-0.2, 0) is 15.3 Å². The van der Waals surface area contributed by atoms with Crippen LogP contribution in [0.4, 0.5) is 0 Å². The van der Waals surface area contributed by atoms with E-state index < -0.39 is 11.8 Å². The van der Waals surface area contributed by atoms with Gasteiger partial charge in [0.1, 0.15) is 10.9 Å². The number of aliphatic imine (C=N–C) groups is 1. The molecule has 2 aromatic rings. The summed E-state index contributed by atoms with van der Waals surface area (Å²) in [7, 11) is 0. The molecule has 3 rings (SSSR count). The zero-order valence-electron chi connectivity index (χ0n) is 15.5. The van der Waals surface area contributed by atoms with Gasteiger partial charge in [-0.25, -0.2) is 4.99 Å². The minimum Gasteiger partial charge on any atom is -0.465 e. The largest absolute Gasteiger partial charge is 0.465 e. The number of thiophene rings is 1. The van der Waals surface area contributed by atoms with Gasteiger partial charge in [-0.15, -0.1) is 11.3 Å². The van der Waals surface area contributed by atoms with Gasteiger partial charge in [0.2, 0.25) is 0 Å². The van der Waals surface area contributed by atoms with Crippen LogP contribution in [0.25, 0.3) is 0 Å². The average molecular weight is 431 g/mol. The van der Waals surface area contributed by atoms with E-state index >= 15 is 0 Å². The summed E-state index contributed by atoms with van der Waals surface area (Å²) in [6.07, 6.45) is 0. The van der Waals surface area contributed by atoms with Crippen LogP contribution in [0, 0.1) is 17.2 Å². The smallest absolute Gasteiger partial charge is 0.315 e. The molecule has 0 N–H and O–H groups in total. The minimum absolute atomic E-state index is 0.267. The van der Waals surface area contributed by atoms with Gasteiger partial charge in [0, 0.05) is 27.3 Å². The Kier molecular flexibility index (Phi) is 6.95. The van der Waals surface area contributed by atoms with Crippen LogP contribution in [-0.4, -0.2) is 18.3 Å². The lowest BCUT2D eigenvalue weighted by Gasteiger charge is -2.30. The second kappa shape index (κ2) is 9.42. The fourth-order valence-corrected chi connectivity index (χ4v) is 5.30. The highest BCUT2D eigenvalue weighted by Crippen LogP contribution is 2.44. The zero-order valence-corrected chi connectivity index (χ0v) is 17.9. The van der Waals surface area contributed by atoms with E-state index in [1.807, 2.05) is 36.6 Å². The second-order valence-corrected chi connectivity index (χ2v) is 8.58. The number of hydrogen-bond acceptors (Lipinski definition) is 6. The van der Waals surface area contributed by atoms with Crippen LogP contribution in [0.1, 0.15) is 30.2 Å². The molecule has 28 heavy (non-hydrogen) atoms. The number of rotatable bonds is 6. The number of nitrogens with zero attached hydrogens (tertiary/aromatic N) is 2. The third-order valence-corrected chi connectivity index (χ3v) is 6.88. The van der Waals surface area contributed by atoms with Crippen LogP contribution in [0.2, 0.25) is 5.02 Å². The molecule has 0 radical (unpaired) electrons. The van der Waals surface area contributed by atoms with E-state index in [0.29, 0.717) is 27.1 Å². The molecule has 1 aliphatic heterocycles. The molecular formula is C21H19ClN2O2S2. The minimum atomic E-state index is -0.666. The number of allylic oxidation sites excluding steroid dienone is 1. The molecule has 1 unspecified atom stereocenters. The number of carbonyl (C=O) groups is 1. The van der Waals surface area contributed by atoms with Crippen molar-refractivity contribution in [1.29, 1.82) is 5.26 Å². The summed E-state index contributed by atoms with van der Waals surface area (Å²) >= 11 is 9.62. The highest BCUT2D eigenvalue weighted by Gasteiger charge is 2.41. The van der Waals surface area contributed by atoms with Gasteiger partial charge in [0.15, 0.2) is 0 Å². The summed E-state index contributed by atoms with van der Waals surface area (Å²) in [4.78, 5) is 18.6. The lowest BCUT2D eigenvalue weighted by atomic mass is 9.77. The van der Waals surface area contributed by atoms with Crippen LogP contribution >= 0.6 is 34.7 Å². The van der Waals surface area contributed by atoms with Crippen molar-refractivity contribution in [2.24, 2.45) is 10.9 Å². The summed E-state index contributed by atoms with van der Waals surface area (Å²) in [5.41, 5.74) is 1.83. The number of nitriles is 1. The number of ether oxygens (including phenoxy) is 1. The first kappa shape index (κ1) is 20.7. The van der Waals surface area contributed by atoms with Crippen LogP contribution in [0.5, 0.6) is 0 Å². The molecule has 4 nitrogen and oxygen atoms in total. The van der Waals surface area contributed by atoms with Crippen LogP contribution < -0.4 is 0 Å². The van der Waals surface area contributed by atoms with Crippen molar-refractivity contribution in [2.45, 2.75) is 25.5 Å². The molecule has 0 spiro atoms. The highest BCUT2D eigenvalue weighted by atomic mass is 35.5. The van der Waals surface area contributed by atoms with E-state index in [4.69, 9.17) is 16.3 Å². The third kappa shape index (κ3) is 4.33. The molecule has 144 valence electrons. The Labute approximate surface area is 177 Å². The molecule has 0 amide bonds. The number of hydrogen-bond donors (Lipinski definition) is 0. The van der Waals surface area contributed by atoms with E-state index in [9.17, 15) is 10.1 Å². The molecular weight excluding hydrogens is 412 g/mol. The number of carbonyl (C=O) groups excluding carboxylic acids is 1. The number of thioether (sulfide) groups is 1. The van der Waals surface area contributed by atoms with Gasteiger partial charge in [-0.05, 0) is 36.9 Å². The van der Waals surface area contributed by atoms with Gasteiger partial charge in [0.25, 0.3) is 0 Å². The highest BCUT2D eigenvalue weighted by molar-refractivity contribution is 8.02. The molecule has 1 aromatic carbocycles. The number of halogens is 1. The first-order valence-corrected chi connectivity index (χ1v) is 11.1. The lowest BCUT2D eigenvalue weighted by Crippen LogP contribution is -2.34. The standard InChI is InChI=1S/C21H19ClN2O2S2/c1-3-26-21(25)18-13(2)24-20(28-12-14-7-6-10-27-14)16(11-23)19(18)15-8-4-5-9-17(15)22/h4-10,18-19H,3,12H2,1-2H3/t18?,19-/m1/s1. The van der Waals surface area contributed by atoms with E-state index in [1.54, 1.807) is 24.3 Å². The number of benzene rings is 1. The maximum Gasteiger partial charge on any atom is 0.315 e. The average Bonchev–Trinajstić information content (AvgIpc) is 3.20. The lowest BCUT2D eigenvalue weighted by molar-refractivity contribution is -0.146. The zero-order chi connectivity index (χ0) is 20.1. The maximum absolute atomic E-state index is 12.7. The molecule has 7 heteroatoms. The Morgan fingerprint density at radius 1 is 1.36 bits per heavy atom. The summed E-state index contributed by atoms with van der Waals surface area (Å²) in [5, 5.41) is 13.2. The molecule has 1 aliphatic rings. The molecule has 0 saturated carbocycles. The van der Waals surface area contributed by atoms with Crippen molar-refractivity contribution in [2.75, 3.05) is 6.61 Å². The van der Waals surface area contributed by atoms with E-state index in [2.05, 4.69) is 17.1 Å². The van der Waals surface area contributed by atoms with E-state index in [-0.39, 0.29) is 12.6 Å². The van der Waals surface area contributed by atoms with Gasteiger partial charge in [-0.2, -0.15) is 5.26 Å². The normalized spacial score (nSPS) is 19.1. The van der Waals surface area contributed by atoms with E-state index in [0.717, 1.165) is 5.56 Å². The molecule has 0 saturated heterocycles. The topological polar surface area (TPSA) is 62.4 Å². The Morgan fingerprint density at radius 3 is 2.79 bits per heavy atom. The van der Waals surface area contributed by atoms with Crippen molar-refractivity contribution < 1.29 is 9.53 Å². The second-order valence-electron chi connectivity index (χ2n) is 6.18. The molecule has 1 aromatic heterocycles. The van der Waals surface area contributed by atoms with Crippen molar-refractivity contribution in [3.63, 3.8) is 0 Å². The number of esters is 1. The fourth-order valence-electron chi connectivity index (χ4n) is 3.19. The summed E-state index contributed by atoms with van der Waals surface area (Å²) < 4.78 is 5.29.